The Kier molecular flexibility index (Phi) is 3.79. The predicted octanol–water partition coefficient (Wildman–Crippen LogP) is 4.44. The minimum atomic E-state index is -2.39. The fourth-order valence-corrected chi connectivity index (χ4v) is 2.96. The molecule has 20 heavy (non-hydrogen) atoms. The maximum atomic E-state index is 12.6. The summed E-state index contributed by atoms with van der Waals surface area (Å²) in [6.45, 7) is 0.959. The first-order valence-electron chi connectivity index (χ1n) is 6.92. The van der Waals surface area contributed by atoms with E-state index in [2.05, 4.69) is 17.4 Å². The average molecular weight is 273 g/mol. The van der Waals surface area contributed by atoms with Crippen molar-refractivity contribution in [3.05, 3.63) is 71.3 Å². The van der Waals surface area contributed by atoms with Gasteiger partial charge < -0.3 is 5.32 Å². The Morgan fingerprint density at radius 1 is 0.900 bits per heavy atom. The first-order valence-corrected chi connectivity index (χ1v) is 6.92. The van der Waals surface area contributed by atoms with Gasteiger partial charge in [-0.3, -0.25) is 0 Å². The van der Waals surface area contributed by atoms with Crippen LogP contribution in [0.3, 0.4) is 0 Å². The lowest BCUT2D eigenvalue weighted by atomic mass is 9.87. The highest BCUT2D eigenvalue weighted by Gasteiger charge is 2.29. The molecule has 0 aromatic heterocycles. The van der Waals surface area contributed by atoms with Crippen molar-refractivity contribution in [1.82, 2.24) is 5.32 Å². The molecule has 0 amide bonds. The Balaban J connectivity index is 1.85. The van der Waals surface area contributed by atoms with Gasteiger partial charge in [-0.05, 0) is 24.1 Å². The summed E-state index contributed by atoms with van der Waals surface area (Å²) in [5.41, 5.74) is 2.48. The average Bonchev–Trinajstić information content (AvgIpc) is 2.97. The second-order valence-electron chi connectivity index (χ2n) is 5.21. The van der Waals surface area contributed by atoms with E-state index in [0.29, 0.717) is 5.92 Å². The maximum Gasteiger partial charge on any atom is 0.263 e. The van der Waals surface area contributed by atoms with Gasteiger partial charge in [-0.2, -0.15) is 0 Å². The van der Waals surface area contributed by atoms with Crippen molar-refractivity contribution in [3.63, 3.8) is 0 Å². The Bertz CT molecular complexity index is 551. The van der Waals surface area contributed by atoms with Gasteiger partial charge in [0.15, 0.2) is 0 Å². The topological polar surface area (TPSA) is 12.0 Å². The summed E-state index contributed by atoms with van der Waals surface area (Å²) in [6.07, 6.45) is -1.36. The van der Waals surface area contributed by atoms with E-state index in [9.17, 15) is 8.78 Å². The van der Waals surface area contributed by atoms with Crippen LogP contribution >= 0.6 is 0 Å². The molecule has 2 aromatic rings. The standard InChI is InChI=1S/C17H17F2N/c18-17(19)14-8-6-12(7-9-14)15-10-11-20-16(15)13-4-2-1-3-5-13/h1-9,15-17,20H,10-11H2. The third-order valence-electron chi connectivity index (χ3n) is 4.00. The minimum absolute atomic E-state index is 0.0935. The zero-order valence-corrected chi connectivity index (χ0v) is 11.1. The van der Waals surface area contributed by atoms with Crippen molar-refractivity contribution < 1.29 is 8.78 Å². The van der Waals surface area contributed by atoms with Crippen LogP contribution in [0.25, 0.3) is 0 Å². The molecule has 3 heteroatoms. The van der Waals surface area contributed by atoms with E-state index in [4.69, 9.17) is 0 Å². The van der Waals surface area contributed by atoms with E-state index in [0.717, 1.165) is 18.5 Å². The van der Waals surface area contributed by atoms with Crippen molar-refractivity contribution in [2.45, 2.75) is 24.8 Å². The molecule has 2 unspecified atom stereocenters. The zero-order valence-electron chi connectivity index (χ0n) is 11.1. The van der Waals surface area contributed by atoms with E-state index in [-0.39, 0.29) is 11.6 Å². The lowest BCUT2D eigenvalue weighted by Crippen LogP contribution is -2.16. The smallest absolute Gasteiger partial charge is 0.263 e. The summed E-state index contributed by atoms with van der Waals surface area (Å²) < 4.78 is 25.2. The number of halogens is 2. The van der Waals surface area contributed by atoms with E-state index in [1.807, 2.05) is 30.3 Å². The van der Waals surface area contributed by atoms with Gasteiger partial charge in [0.2, 0.25) is 0 Å². The molecular weight excluding hydrogens is 256 g/mol. The molecule has 2 atom stereocenters. The Morgan fingerprint density at radius 2 is 1.60 bits per heavy atom. The van der Waals surface area contributed by atoms with Gasteiger partial charge in [0.05, 0.1) is 0 Å². The van der Waals surface area contributed by atoms with Gasteiger partial charge in [-0.1, -0.05) is 54.6 Å². The molecule has 1 nitrogen and oxygen atoms in total. The van der Waals surface area contributed by atoms with Gasteiger partial charge in [0, 0.05) is 17.5 Å². The van der Waals surface area contributed by atoms with Crippen LogP contribution in [0.15, 0.2) is 54.6 Å². The van der Waals surface area contributed by atoms with Crippen molar-refractivity contribution in [3.8, 4) is 0 Å². The number of benzene rings is 2. The molecule has 1 aliphatic heterocycles. The lowest BCUT2D eigenvalue weighted by Gasteiger charge is -2.20. The second-order valence-corrected chi connectivity index (χ2v) is 5.21. The van der Waals surface area contributed by atoms with Crippen molar-refractivity contribution >= 4 is 0 Å². The molecule has 1 saturated heterocycles. The summed E-state index contributed by atoms with van der Waals surface area (Å²) in [5.74, 6) is 0.351. The SMILES string of the molecule is FC(F)c1ccc(C2CCNC2c2ccccc2)cc1. The van der Waals surface area contributed by atoms with E-state index in [1.54, 1.807) is 12.1 Å². The van der Waals surface area contributed by atoms with Gasteiger partial charge in [-0.15, -0.1) is 0 Å². The predicted molar refractivity (Wildman–Crippen MR) is 75.9 cm³/mol. The summed E-state index contributed by atoms with van der Waals surface area (Å²) >= 11 is 0. The third kappa shape index (κ3) is 2.59. The monoisotopic (exact) mass is 273 g/mol. The van der Waals surface area contributed by atoms with Crippen LogP contribution in [0.4, 0.5) is 8.78 Å². The molecule has 1 fully saturated rings. The fourth-order valence-electron chi connectivity index (χ4n) is 2.96. The number of nitrogens with one attached hydrogen (secondary N) is 1. The quantitative estimate of drug-likeness (QED) is 0.871. The second kappa shape index (κ2) is 5.71. The molecule has 1 N–H and O–H groups in total. The highest BCUT2D eigenvalue weighted by molar-refractivity contribution is 5.32. The molecule has 104 valence electrons. The number of hydrogen-bond acceptors (Lipinski definition) is 1. The molecule has 1 heterocycles. The molecule has 0 spiro atoms. The summed E-state index contributed by atoms with van der Waals surface area (Å²) in [4.78, 5) is 0. The summed E-state index contributed by atoms with van der Waals surface area (Å²) in [7, 11) is 0. The van der Waals surface area contributed by atoms with Crippen molar-refractivity contribution in [2.75, 3.05) is 6.54 Å². The Hall–Kier alpha value is -1.74. The van der Waals surface area contributed by atoms with Gasteiger partial charge in [0.25, 0.3) is 6.43 Å². The van der Waals surface area contributed by atoms with Crippen LogP contribution in [-0.4, -0.2) is 6.54 Å². The molecule has 0 radical (unpaired) electrons. The number of rotatable bonds is 3. The molecule has 0 aliphatic carbocycles. The molecule has 0 bridgehead atoms. The molecular formula is C17H17F2N. The van der Waals surface area contributed by atoms with E-state index in [1.165, 1.54) is 5.56 Å². The Labute approximate surface area is 117 Å². The normalized spacial score (nSPS) is 22.4. The first-order chi connectivity index (χ1) is 9.75. The number of alkyl halides is 2. The minimum Gasteiger partial charge on any atom is -0.309 e. The van der Waals surface area contributed by atoms with Crippen LogP contribution in [-0.2, 0) is 0 Å². The van der Waals surface area contributed by atoms with Crippen LogP contribution < -0.4 is 5.32 Å². The van der Waals surface area contributed by atoms with Crippen LogP contribution in [0.1, 0.15) is 41.5 Å². The molecule has 2 aromatic carbocycles. The van der Waals surface area contributed by atoms with E-state index >= 15 is 0 Å². The number of hydrogen-bond donors (Lipinski definition) is 1. The Morgan fingerprint density at radius 3 is 2.25 bits per heavy atom. The van der Waals surface area contributed by atoms with Gasteiger partial charge in [-0.25, -0.2) is 8.78 Å². The summed E-state index contributed by atoms with van der Waals surface area (Å²) in [6, 6.07) is 17.3. The summed E-state index contributed by atoms with van der Waals surface area (Å²) in [5, 5.41) is 3.51. The van der Waals surface area contributed by atoms with Crippen molar-refractivity contribution in [1.29, 1.82) is 0 Å². The highest BCUT2D eigenvalue weighted by Crippen LogP contribution is 2.38. The van der Waals surface area contributed by atoms with Crippen LogP contribution in [0.2, 0.25) is 0 Å². The van der Waals surface area contributed by atoms with Crippen molar-refractivity contribution in [2.24, 2.45) is 0 Å². The van der Waals surface area contributed by atoms with Crippen LogP contribution in [0.5, 0.6) is 0 Å². The highest BCUT2D eigenvalue weighted by atomic mass is 19.3. The maximum absolute atomic E-state index is 12.6. The van der Waals surface area contributed by atoms with Crippen LogP contribution in [0, 0.1) is 0 Å². The molecule has 1 aliphatic rings. The fraction of sp³-hybridized carbons (Fsp3) is 0.294. The third-order valence-corrected chi connectivity index (χ3v) is 4.00. The molecule has 0 saturated carbocycles. The van der Waals surface area contributed by atoms with Gasteiger partial charge in [0.1, 0.15) is 0 Å². The van der Waals surface area contributed by atoms with E-state index < -0.39 is 6.43 Å². The largest absolute Gasteiger partial charge is 0.309 e. The lowest BCUT2D eigenvalue weighted by molar-refractivity contribution is 0.151. The van der Waals surface area contributed by atoms with Gasteiger partial charge >= 0.3 is 0 Å². The first kappa shape index (κ1) is 13.3. The zero-order chi connectivity index (χ0) is 13.9. The molecule has 3 rings (SSSR count).